The van der Waals surface area contributed by atoms with Gasteiger partial charge in [-0.1, -0.05) is 27.2 Å². The first-order valence-corrected chi connectivity index (χ1v) is 12.6. The molecule has 0 unspecified atom stereocenters. The smallest absolute Gasteiger partial charge is 0.313 e. The van der Waals surface area contributed by atoms with Crippen LogP contribution in [0.2, 0.25) is 0 Å². The van der Waals surface area contributed by atoms with Gasteiger partial charge in [0.25, 0.3) is 0 Å². The van der Waals surface area contributed by atoms with Crippen LogP contribution in [0.4, 0.5) is 17.6 Å². The SMILES string of the molecule is CC(C)(C)CCCCNC(=O)CCOCCOCCOCCOCCC(=O)Oc1c(F)c(F)cc(F)c1F. The number of nitrogens with one attached hydrogen (secondary N) is 1. The van der Waals surface area contributed by atoms with E-state index in [2.05, 4.69) is 30.8 Å². The third-order valence-electron chi connectivity index (χ3n) is 5.00. The maximum Gasteiger partial charge on any atom is 0.313 e. The Morgan fingerprint density at radius 2 is 1.21 bits per heavy atom. The van der Waals surface area contributed by atoms with Crippen molar-refractivity contribution >= 4 is 11.9 Å². The molecule has 0 saturated carbocycles. The van der Waals surface area contributed by atoms with Crippen LogP contribution in [0.3, 0.4) is 0 Å². The molecule has 0 fully saturated rings. The Morgan fingerprint density at radius 1 is 0.737 bits per heavy atom. The van der Waals surface area contributed by atoms with Crippen molar-refractivity contribution in [2.45, 2.75) is 52.9 Å². The summed E-state index contributed by atoms with van der Waals surface area (Å²) < 4.78 is 78.6. The maximum absolute atomic E-state index is 13.5. The number of carbonyl (C=O) groups excluding carboxylic acids is 2. The molecule has 1 aromatic rings. The van der Waals surface area contributed by atoms with Crippen LogP contribution in [0.1, 0.15) is 52.9 Å². The molecule has 1 aromatic carbocycles. The van der Waals surface area contributed by atoms with Crippen molar-refractivity contribution < 1.29 is 50.8 Å². The molecule has 0 bridgehead atoms. The molecule has 1 amide bonds. The molecule has 0 atom stereocenters. The van der Waals surface area contributed by atoms with Crippen molar-refractivity contribution in [1.82, 2.24) is 5.32 Å². The number of hydrogen-bond acceptors (Lipinski definition) is 7. The van der Waals surface area contributed by atoms with Gasteiger partial charge in [0.2, 0.25) is 23.3 Å². The minimum atomic E-state index is -1.79. The fraction of sp³-hybridized carbons (Fsp3) is 0.692. The van der Waals surface area contributed by atoms with E-state index in [9.17, 15) is 27.2 Å². The molecule has 0 aliphatic rings. The first kappa shape index (κ1) is 33.7. The van der Waals surface area contributed by atoms with Crippen LogP contribution in [-0.4, -0.2) is 71.3 Å². The molecule has 0 spiro atoms. The summed E-state index contributed by atoms with van der Waals surface area (Å²) in [5.41, 5.74) is 0.313. The lowest BCUT2D eigenvalue weighted by molar-refractivity contribution is -0.136. The molecular weight excluding hydrogens is 514 g/mol. The summed E-state index contributed by atoms with van der Waals surface area (Å²) >= 11 is 0. The van der Waals surface area contributed by atoms with Crippen molar-refractivity contribution in [1.29, 1.82) is 0 Å². The number of amides is 1. The Labute approximate surface area is 221 Å². The van der Waals surface area contributed by atoms with Gasteiger partial charge in [0.1, 0.15) is 0 Å². The average molecular weight is 554 g/mol. The highest BCUT2D eigenvalue weighted by Crippen LogP contribution is 2.26. The molecule has 0 aliphatic heterocycles. The number of carbonyl (C=O) groups is 2. The second-order valence-corrected chi connectivity index (χ2v) is 9.59. The Balaban J connectivity index is 1.90. The van der Waals surface area contributed by atoms with Crippen molar-refractivity contribution in [3.8, 4) is 5.75 Å². The zero-order valence-corrected chi connectivity index (χ0v) is 22.3. The van der Waals surface area contributed by atoms with E-state index in [1.54, 1.807) is 0 Å². The normalized spacial score (nSPS) is 11.6. The zero-order chi connectivity index (χ0) is 28.4. The van der Waals surface area contributed by atoms with E-state index < -0.39 is 35.0 Å². The Morgan fingerprint density at radius 3 is 1.71 bits per heavy atom. The lowest BCUT2D eigenvalue weighted by Crippen LogP contribution is -2.25. The molecule has 0 saturated heterocycles. The second kappa shape index (κ2) is 18.9. The van der Waals surface area contributed by atoms with Gasteiger partial charge in [-0.25, -0.2) is 8.78 Å². The van der Waals surface area contributed by atoms with E-state index in [0.717, 1.165) is 19.3 Å². The van der Waals surface area contributed by atoms with Gasteiger partial charge in [-0.05, 0) is 18.3 Å². The lowest BCUT2D eigenvalue weighted by Gasteiger charge is -2.17. The molecule has 12 heteroatoms. The number of rotatable bonds is 20. The van der Waals surface area contributed by atoms with E-state index in [0.29, 0.717) is 51.4 Å². The molecule has 218 valence electrons. The van der Waals surface area contributed by atoms with Gasteiger partial charge in [0, 0.05) is 19.0 Å². The highest BCUT2D eigenvalue weighted by molar-refractivity contribution is 5.75. The van der Waals surface area contributed by atoms with E-state index in [1.165, 1.54) is 0 Å². The number of esters is 1. The van der Waals surface area contributed by atoms with Gasteiger partial charge in [-0.2, -0.15) is 8.78 Å². The molecular formula is C26H39F4NO7. The van der Waals surface area contributed by atoms with Crippen LogP contribution in [0.5, 0.6) is 5.75 Å². The van der Waals surface area contributed by atoms with Crippen LogP contribution in [-0.2, 0) is 28.5 Å². The zero-order valence-electron chi connectivity index (χ0n) is 22.3. The number of unbranched alkanes of at least 4 members (excludes halogenated alkanes) is 1. The van der Waals surface area contributed by atoms with Gasteiger partial charge in [0.05, 0.1) is 59.3 Å². The first-order chi connectivity index (χ1) is 18.0. The lowest BCUT2D eigenvalue weighted by atomic mass is 9.90. The van der Waals surface area contributed by atoms with Crippen LogP contribution in [0.25, 0.3) is 0 Å². The molecule has 0 aliphatic carbocycles. The quantitative estimate of drug-likeness (QED) is 0.0845. The third-order valence-corrected chi connectivity index (χ3v) is 5.00. The fourth-order valence-corrected chi connectivity index (χ4v) is 2.98. The van der Waals surface area contributed by atoms with Gasteiger partial charge in [0.15, 0.2) is 11.6 Å². The maximum atomic E-state index is 13.5. The first-order valence-electron chi connectivity index (χ1n) is 12.6. The van der Waals surface area contributed by atoms with Gasteiger partial charge in [-0.3, -0.25) is 9.59 Å². The summed E-state index contributed by atoms with van der Waals surface area (Å²) in [6.07, 6.45) is 3.09. The van der Waals surface area contributed by atoms with E-state index in [4.69, 9.17) is 18.9 Å². The number of benzene rings is 1. The topological polar surface area (TPSA) is 92.3 Å². The summed E-state index contributed by atoms with van der Waals surface area (Å²) in [4.78, 5) is 23.3. The number of hydrogen-bond donors (Lipinski definition) is 1. The van der Waals surface area contributed by atoms with Crippen molar-refractivity contribution in [2.24, 2.45) is 5.41 Å². The summed E-state index contributed by atoms with van der Waals surface area (Å²) in [5.74, 6) is -9.50. The highest BCUT2D eigenvalue weighted by atomic mass is 19.2. The van der Waals surface area contributed by atoms with Gasteiger partial charge >= 0.3 is 5.97 Å². The molecule has 8 nitrogen and oxygen atoms in total. The van der Waals surface area contributed by atoms with Gasteiger partial charge < -0.3 is 29.0 Å². The monoisotopic (exact) mass is 553 g/mol. The van der Waals surface area contributed by atoms with Crippen LogP contribution in [0, 0.1) is 28.7 Å². The molecule has 38 heavy (non-hydrogen) atoms. The molecule has 1 rings (SSSR count). The molecule has 0 heterocycles. The number of halogens is 4. The third kappa shape index (κ3) is 15.9. The highest BCUT2D eigenvalue weighted by Gasteiger charge is 2.22. The van der Waals surface area contributed by atoms with E-state index in [-0.39, 0.29) is 38.2 Å². The summed E-state index contributed by atoms with van der Waals surface area (Å²) in [6, 6.07) is 0.0180. The van der Waals surface area contributed by atoms with Crippen LogP contribution in [0.15, 0.2) is 6.07 Å². The summed E-state index contributed by atoms with van der Waals surface area (Å²) in [6.45, 7) is 9.12. The fourth-order valence-electron chi connectivity index (χ4n) is 2.98. The Bertz CT molecular complexity index is 824. The molecule has 1 N–H and O–H groups in total. The van der Waals surface area contributed by atoms with E-state index >= 15 is 0 Å². The predicted molar refractivity (Wildman–Crippen MR) is 131 cm³/mol. The van der Waals surface area contributed by atoms with Crippen molar-refractivity contribution in [3.63, 3.8) is 0 Å². The Hall–Kier alpha value is -2.28. The Kier molecular flexibility index (Phi) is 16.8. The van der Waals surface area contributed by atoms with E-state index in [1.807, 2.05) is 0 Å². The number of ether oxygens (including phenoxy) is 5. The van der Waals surface area contributed by atoms with Crippen LogP contribution >= 0.6 is 0 Å². The minimum absolute atomic E-state index is 0.0180. The standard InChI is InChI=1S/C26H39F4NO7/c1-26(2,3)8-4-5-9-31-21(32)6-10-34-12-14-36-16-17-37-15-13-35-11-7-22(33)38-25-23(29)19(27)18-20(28)24(25)30/h18H,4-17H2,1-3H3,(H,31,32). The van der Waals surface area contributed by atoms with Crippen molar-refractivity contribution in [2.75, 3.05) is 59.4 Å². The second-order valence-electron chi connectivity index (χ2n) is 9.59. The minimum Gasteiger partial charge on any atom is -0.420 e. The average Bonchev–Trinajstić information content (AvgIpc) is 2.84. The summed E-state index contributed by atoms with van der Waals surface area (Å²) in [7, 11) is 0. The largest absolute Gasteiger partial charge is 0.420 e. The van der Waals surface area contributed by atoms with Crippen LogP contribution < -0.4 is 10.1 Å². The molecule has 0 radical (unpaired) electrons. The summed E-state index contributed by atoms with van der Waals surface area (Å²) in [5, 5.41) is 2.88. The predicted octanol–water partition coefficient (Wildman–Crippen LogP) is 4.33. The molecule has 0 aromatic heterocycles. The van der Waals surface area contributed by atoms with Gasteiger partial charge in [-0.15, -0.1) is 0 Å². The van der Waals surface area contributed by atoms with Crippen molar-refractivity contribution in [3.05, 3.63) is 29.3 Å².